The number of ether oxygens (including phenoxy) is 1. The summed E-state index contributed by atoms with van der Waals surface area (Å²) < 4.78 is 27.1. The summed E-state index contributed by atoms with van der Waals surface area (Å²) in [5.41, 5.74) is 1.48. The number of carbonyl (C=O) groups is 1. The second-order valence-corrected chi connectivity index (χ2v) is 8.12. The van der Waals surface area contributed by atoms with E-state index in [1.807, 2.05) is 18.1 Å². The first-order valence-corrected chi connectivity index (χ1v) is 10.7. The van der Waals surface area contributed by atoms with Crippen LogP contribution in [0.25, 0.3) is 11.4 Å². The Bertz CT molecular complexity index is 1330. The van der Waals surface area contributed by atoms with E-state index in [-0.39, 0.29) is 28.2 Å². The van der Waals surface area contributed by atoms with Crippen molar-refractivity contribution >= 4 is 29.0 Å². The summed E-state index contributed by atoms with van der Waals surface area (Å²) >= 11 is 5.91. The van der Waals surface area contributed by atoms with Crippen LogP contribution in [0.2, 0.25) is 5.02 Å². The number of nitrogens with zero attached hydrogens (tertiary/aromatic N) is 6. The highest BCUT2D eigenvalue weighted by atomic mass is 35.5. The molecule has 0 aliphatic carbocycles. The van der Waals surface area contributed by atoms with Gasteiger partial charge in [-0.1, -0.05) is 16.8 Å². The zero-order chi connectivity index (χ0) is 23.7. The smallest absolute Gasteiger partial charge is 0.274 e. The molecule has 1 N–H and O–H groups in total. The largest absolute Gasteiger partial charge is 0.370 e. The number of anilines is 2. The van der Waals surface area contributed by atoms with Crippen molar-refractivity contribution in [2.75, 3.05) is 29.9 Å². The van der Waals surface area contributed by atoms with Crippen LogP contribution in [-0.4, -0.2) is 50.5 Å². The highest BCUT2D eigenvalue weighted by molar-refractivity contribution is 6.30. The highest BCUT2D eigenvalue weighted by Crippen LogP contribution is 2.29. The van der Waals surface area contributed by atoms with E-state index in [9.17, 15) is 9.18 Å². The number of morpholine rings is 1. The number of aromatic nitrogens is 5. The van der Waals surface area contributed by atoms with Gasteiger partial charge in [-0.25, -0.2) is 14.4 Å². The Balaban J connectivity index is 1.52. The minimum Gasteiger partial charge on any atom is -0.370 e. The van der Waals surface area contributed by atoms with Gasteiger partial charge in [-0.2, -0.15) is 5.10 Å². The van der Waals surface area contributed by atoms with Crippen molar-refractivity contribution in [3.63, 3.8) is 0 Å². The number of benzene rings is 1. The van der Waals surface area contributed by atoms with E-state index in [4.69, 9.17) is 20.9 Å². The van der Waals surface area contributed by atoms with Gasteiger partial charge in [-0.3, -0.25) is 9.48 Å². The van der Waals surface area contributed by atoms with Gasteiger partial charge in [0.05, 0.1) is 24.6 Å². The Labute approximate surface area is 198 Å². The van der Waals surface area contributed by atoms with E-state index in [2.05, 4.69) is 25.5 Å². The zero-order valence-corrected chi connectivity index (χ0v) is 18.7. The second-order valence-electron chi connectivity index (χ2n) is 7.68. The molecule has 4 heterocycles. The predicted octanol–water partition coefficient (Wildman–Crippen LogP) is 3.49. The number of nitrogens with one attached hydrogen (secondary N) is 1. The van der Waals surface area contributed by atoms with Gasteiger partial charge in [-0.05, 0) is 18.2 Å². The molecule has 12 heteroatoms. The van der Waals surface area contributed by atoms with Crippen LogP contribution >= 0.6 is 11.6 Å². The van der Waals surface area contributed by atoms with Crippen LogP contribution in [-0.2, 0) is 11.8 Å². The second kappa shape index (κ2) is 9.20. The Kier molecular flexibility index (Phi) is 5.95. The minimum absolute atomic E-state index is 0.0555. The molecule has 3 aromatic heterocycles. The molecule has 1 atom stereocenters. The third-order valence-electron chi connectivity index (χ3n) is 5.29. The number of amides is 1. The summed E-state index contributed by atoms with van der Waals surface area (Å²) in [6, 6.07) is 5.76. The molecule has 10 nitrogen and oxygen atoms in total. The topological polar surface area (TPSA) is 111 Å². The Morgan fingerprint density at radius 3 is 2.88 bits per heavy atom. The van der Waals surface area contributed by atoms with Crippen LogP contribution < -0.4 is 10.2 Å². The average Bonchev–Trinajstić information content (AvgIpc) is 3.50. The van der Waals surface area contributed by atoms with E-state index in [0.29, 0.717) is 31.2 Å². The SMILES string of the molecule is Cn1cc(C2CN(c3cc(C(=O)Nc4cnoc4)nc(-c4ccc(Cl)cc4F)n3)CCO2)cn1. The van der Waals surface area contributed by atoms with Crippen molar-refractivity contribution in [1.29, 1.82) is 0 Å². The number of carbonyl (C=O) groups excluding carboxylic acids is 1. The molecule has 4 aromatic rings. The molecule has 1 aliphatic heterocycles. The standard InChI is InChI=1S/C22H19ClFN7O3/c1-30-10-13(8-25-30)19-11-31(4-5-33-19)20-7-18(22(32)27-15-9-26-34-12-15)28-21(29-20)16-3-2-14(23)6-17(16)24/h2-3,6-10,12,19H,4-5,11H2,1H3,(H,27,32). The molecule has 1 aromatic carbocycles. The number of halogens is 2. The molecule has 0 spiro atoms. The van der Waals surface area contributed by atoms with Crippen molar-refractivity contribution < 1.29 is 18.4 Å². The normalized spacial score (nSPS) is 16.0. The van der Waals surface area contributed by atoms with Crippen LogP contribution in [0.3, 0.4) is 0 Å². The summed E-state index contributed by atoms with van der Waals surface area (Å²) in [5.74, 6) is -0.580. The van der Waals surface area contributed by atoms with Crippen molar-refractivity contribution in [2.24, 2.45) is 7.05 Å². The van der Waals surface area contributed by atoms with E-state index >= 15 is 0 Å². The van der Waals surface area contributed by atoms with E-state index < -0.39 is 11.7 Å². The fourth-order valence-corrected chi connectivity index (χ4v) is 3.79. The lowest BCUT2D eigenvalue weighted by molar-refractivity contribution is 0.0395. The average molecular weight is 484 g/mol. The number of aryl methyl sites for hydroxylation is 1. The van der Waals surface area contributed by atoms with Crippen molar-refractivity contribution in [3.05, 3.63) is 71.2 Å². The van der Waals surface area contributed by atoms with E-state index in [1.54, 1.807) is 23.0 Å². The van der Waals surface area contributed by atoms with E-state index in [0.717, 1.165) is 5.56 Å². The first-order valence-electron chi connectivity index (χ1n) is 10.4. The Morgan fingerprint density at radius 1 is 1.26 bits per heavy atom. The molecule has 0 radical (unpaired) electrons. The monoisotopic (exact) mass is 483 g/mol. The first kappa shape index (κ1) is 22.0. The van der Waals surface area contributed by atoms with Crippen LogP contribution in [0.15, 0.2) is 53.6 Å². The predicted molar refractivity (Wildman–Crippen MR) is 121 cm³/mol. The highest BCUT2D eigenvalue weighted by Gasteiger charge is 2.26. The number of hydrogen-bond donors (Lipinski definition) is 1. The summed E-state index contributed by atoms with van der Waals surface area (Å²) in [6.07, 6.45) is 6.06. The van der Waals surface area contributed by atoms with Gasteiger partial charge in [0.1, 0.15) is 35.4 Å². The molecular formula is C22H19ClFN7O3. The van der Waals surface area contributed by atoms with Crippen LogP contribution in [0.1, 0.15) is 22.2 Å². The van der Waals surface area contributed by atoms with E-state index in [1.165, 1.54) is 24.6 Å². The molecule has 0 bridgehead atoms. The van der Waals surface area contributed by atoms with Gasteiger partial charge in [0.25, 0.3) is 5.91 Å². The van der Waals surface area contributed by atoms with Gasteiger partial charge in [0.2, 0.25) is 0 Å². The maximum atomic E-state index is 14.7. The minimum atomic E-state index is -0.592. The molecule has 1 unspecified atom stereocenters. The summed E-state index contributed by atoms with van der Waals surface area (Å²) in [5, 5.41) is 10.7. The van der Waals surface area contributed by atoms with Crippen molar-refractivity contribution in [3.8, 4) is 11.4 Å². The van der Waals surface area contributed by atoms with Crippen LogP contribution in [0.4, 0.5) is 15.9 Å². The van der Waals surface area contributed by atoms with Crippen LogP contribution in [0.5, 0.6) is 0 Å². The van der Waals surface area contributed by atoms with Gasteiger partial charge >= 0.3 is 0 Å². The molecule has 5 rings (SSSR count). The third kappa shape index (κ3) is 4.61. The molecule has 34 heavy (non-hydrogen) atoms. The molecule has 174 valence electrons. The maximum Gasteiger partial charge on any atom is 0.274 e. The molecule has 0 saturated carbocycles. The first-order chi connectivity index (χ1) is 16.5. The Hall–Kier alpha value is -3.83. The molecular weight excluding hydrogens is 465 g/mol. The summed E-state index contributed by atoms with van der Waals surface area (Å²) in [7, 11) is 1.84. The van der Waals surface area contributed by atoms with Crippen LogP contribution in [0, 0.1) is 5.82 Å². The van der Waals surface area contributed by atoms with Gasteiger partial charge in [0, 0.05) is 43.0 Å². The lowest BCUT2D eigenvalue weighted by Gasteiger charge is -2.33. The lowest BCUT2D eigenvalue weighted by Crippen LogP contribution is -2.39. The van der Waals surface area contributed by atoms with Crippen molar-refractivity contribution in [2.45, 2.75) is 6.10 Å². The Morgan fingerprint density at radius 2 is 2.15 bits per heavy atom. The van der Waals surface area contributed by atoms with Gasteiger partial charge < -0.3 is 19.5 Å². The van der Waals surface area contributed by atoms with Crippen molar-refractivity contribution in [1.82, 2.24) is 24.9 Å². The fourth-order valence-electron chi connectivity index (χ4n) is 3.63. The molecule has 1 amide bonds. The lowest BCUT2D eigenvalue weighted by atomic mass is 10.1. The number of hydrogen-bond acceptors (Lipinski definition) is 8. The zero-order valence-electron chi connectivity index (χ0n) is 18.0. The van der Waals surface area contributed by atoms with Gasteiger partial charge in [-0.15, -0.1) is 0 Å². The third-order valence-corrected chi connectivity index (χ3v) is 5.53. The van der Waals surface area contributed by atoms with Gasteiger partial charge in [0.15, 0.2) is 5.82 Å². The number of rotatable bonds is 5. The molecule has 1 fully saturated rings. The molecule has 1 aliphatic rings. The molecule has 1 saturated heterocycles. The summed E-state index contributed by atoms with van der Waals surface area (Å²) in [4.78, 5) is 23.8. The fraction of sp³-hybridized carbons (Fsp3) is 0.227. The quantitative estimate of drug-likeness (QED) is 0.459. The summed E-state index contributed by atoms with van der Waals surface area (Å²) in [6.45, 7) is 1.44. The maximum absolute atomic E-state index is 14.7.